The summed E-state index contributed by atoms with van der Waals surface area (Å²) >= 11 is 16.5. The molecule has 2 aromatic rings. The van der Waals surface area contributed by atoms with Gasteiger partial charge < -0.3 is 0 Å². The molecule has 0 spiro atoms. The lowest BCUT2D eigenvalue weighted by Gasteiger charge is -2.11. The van der Waals surface area contributed by atoms with E-state index in [2.05, 4.69) is 15.9 Å². The van der Waals surface area contributed by atoms with Gasteiger partial charge in [0.05, 0.1) is 14.9 Å². The van der Waals surface area contributed by atoms with Crippen molar-refractivity contribution in [2.75, 3.05) is 0 Å². The van der Waals surface area contributed by atoms with E-state index in [1.165, 1.54) is 11.3 Å². The first-order chi connectivity index (χ1) is 8.41. The van der Waals surface area contributed by atoms with Crippen molar-refractivity contribution in [2.24, 2.45) is 0 Å². The zero-order chi connectivity index (χ0) is 13.4. The number of hydrogen-bond acceptors (Lipinski definition) is 1. The highest BCUT2D eigenvalue weighted by Gasteiger charge is 2.22. The second-order valence-electron chi connectivity index (χ2n) is 3.75. The normalized spacial score (nSPS) is 12.8. The standard InChI is InChI=1S/C12H7BrCl2F2S/c1-5-4-18-12(10(5)14)11(15)6-2-9(17)7(13)3-8(6)16/h2-4,11H,1H3. The topological polar surface area (TPSA) is 0 Å². The van der Waals surface area contributed by atoms with Gasteiger partial charge in [-0.05, 0) is 45.9 Å². The number of halogens is 5. The van der Waals surface area contributed by atoms with Crippen LogP contribution in [0.25, 0.3) is 0 Å². The van der Waals surface area contributed by atoms with Crippen molar-refractivity contribution in [3.63, 3.8) is 0 Å². The van der Waals surface area contributed by atoms with Gasteiger partial charge >= 0.3 is 0 Å². The molecule has 96 valence electrons. The molecule has 0 radical (unpaired) electrons. The van der Waals surface area contributed by atoms with Gasteiger partial charge in [0.1, 0.15) is 11.6 Å². The molecule has 1 heterocycles. The predicted octanol–water partition coefficient (Wildman–Crippen LogP) is 6.08. The molecular weight excluding hydrogens is 365 g/mol. The summed E-state index contributed by atoms with van der Waals surface area (Å²) in [7, 11) is 0. The van der Waals surface area contributed by atoms with Crippen LogP contribution in [-0.2, 0) is 0 Å². The summed E-state index contributed by atoms with van der Waals surface area (Å²) in [6.45, 7) is 1.84. The quantitative estimate of drug-likeness (QED) is 0.443. The van der Waals surface area contributed by atoms with Gasteiger partial charge in [-0.1, -0.05) is 11.6 Å². The fourth-order valence-electron chi connectivity index (χ4n) is 1.49. The molecule has 0 bridgehead atoms. The van der Waals surface area contributed by atoms with Crippen LogP contribution in [0.2, 0.25) is 5.02 Å². The molecule has 0 aliphatic carbocycles. The SMILES string of the molecule is Cc1csc(C(Cl)c2cc(F)c(Br)cc2F)c1Cl. The summed E-state index contributed by atoms with van der Waals surface area (Å²) in [6, 6.07) is 2.15. The first-order valence-corrected chi connectivity index (χ1v) is 7.42. The monoisotopic (exact) mass is 370 g/mol. The van der Waals surface area contributed by atoms with E-state index in [1.807, 2.05) is 12.3 Å². The molecule has 1 aromatic carbocycles. The molecule has 0 amide bonds. The van der Waals surface area contributed by atoms with Gasteiger partial charge in [-0.15, -0.1) is 22.9 Å². The number of aryl methyl sites for hydroxylation is 1. The number of rotatable bonds is 2. The van der Waals surface area contributed by atoms with Crippen LogP contribution in [0.3, 0.4) is 0 Å². The van der Waals surface area contributed by atoms with Crippen molar-refractivity contribution in [1.82, 2.24) is 0 Å². The molecular formula is C12H7BrCl2F2S. The van der Waals surface area contributed by atoms with Crippen molar-refractivity contribution in [3.8, 4) is 0 Å². The third kappa shape index (κ3) is 2.57. The maximum atomic E-state index is 13.8. The van der Waals surface area contributed by atoms with E-state index in [1.54, 1.807) is 0 Å². The first-order valence-electron chi connectivity index (χ1n) is 4.93. The van der Waals surface area contributed by atoms with Crippen LogP contribution in [-0.4, -0.2) is 0 Å². The van der Waals surface area contributed by atoms with E-state index >= 15 is 0 Å². The van der Waals surface area contributed by atoms with E-state index in [4.69, 9.17) is 23.2 Å². The van der Waals surface area contributed by atoms with Crippen LogP contribution < -0.4 is 0 Å². The van der Waals surface area contributed by atoms with Crippen LogP contribution in [0.5, 0.6) is 0 Å². The van der Waals surface area contributed by atoms with E-state index in [-0.39, 0.29) is 10.0 Å². The molecule has 6 heteroatoms. The summed E-state index contributed by atoms with van der Waals surface area (Å²) < 4.78 is 27.3. The number of hydrogen-bond donors (Lipinski definition) is 0. The van der Waals surface area contributed by atoms with Crippen molar-refractivity contribution in [2.45, 2.75) is 12.3 Å². The Morgan fingerprint density at radius 1 is 1.28 bits per heavy atom. The average molecular weight is 372 g/mol. The van der Waals surface area contributed by atoms with Crippen LogP contribution >= 0.6 is 50.5 Å². The molecule has 0 aliphatic heterocycles. The van der Waals surface area contributed by atoms with Crippen LogP contribution in [0.15, 0.2) is 22.0 Å². The third-order valence-corrected chi connectivity index (χ3v) is 5.44. The molecule has 0 saturated heterocycles. The fourth-order valence-corrected chi connectivity index (χ4v) is 3.59. The Morgan fingerprint density at radius 2 is 1.94 bits per heavy atom. The van der Waals surface area contributed by atoms with Gasteiger partial charge in [-0.25, -0.2) is 8.78 Å². The maximum Gasteiger partial charge on any atom is 0.137 e. The minimum atomic E-state index is -0.793. The molecule has 0 N–H and O–H groups in total. The van der Waals surface area contributed by atoms with Crippen molar-refractivity contribution in [1.29, 1.82) is 0 Å². The Balaban J connectivity index is 2.49. The van der Waals surface area contributed by atoms with Crippen molar-refractivity contribution < 1.29 is 8.78 Å². The Labute approximate surface area is 126 Å². The van der Waals surface area contributed by atoms with Gasteiger partial charge in [-0.2, -0.15) is 0 Å². The molecule has 18 heavy (non-hydrogen) atoms. The fraction of sp³-hybridized carbons (Fsp3) is 0.167. The number of alkyl halides is 1. The highest BCUT2D eigenvalue weighted by atomic mass is 79.9. The van der Waals surface area contributed by atoms with Gasteiger partial charge in [0.2, 0.25) is 0 Å². The third-order valence-electron chi connectivity index (χ3n) is 2.47. The second kappa shape index (κ2) is 5.45. The Bertz CT molecular complexity index is 598. The minimum absolute atomic E-state index is 0.0704. The first kappa shape index (κ1) is 14.3. The minimum Gasteiger partial charge on any atom is -0.207 e. The van der Waals surface area contributed by atoms with E-state index < -0.39 is 17.0 Å². The van der Waals surface area contributed by atoms with E-state index in [0.717, 1.165) is 17.7 Å². The lowest BCUT2D eigenvalue weighted by Crippen LogP contribution is -1.97. The number of benzene rings is 1. The summed E-state index contributed by atoms with van der Waals surface area (Å²) in [6.07, 6.45) is 0. The number of thiophene rings is 1. The highest BCUT2D eigenvalue weighted by molar-refractivity contribution is 9.10. The summed E-state index contributed by atoms with van der Waals surface area (Å²) in [4.78, 5) is 0.622. The van der Waals surface area contributed by atoms with Gasteiger partial charge in [0, 0.05) is 10.4 Å². The zero-order valence-corrected chi connectivity index (χ0v) is 13.0. The van der Waals surface area contributed by atoms with Crippen LogP contribution in [0.1, 0.15) is 21.4 Å². The lowest BCUT2D eigenvalue weighted by molar-refractivity contribution is 0.582. The van der Waals surface area contributed by atoms with Crippen molar-refractivity contribution >= 4 is 50.5 Å². The molecule has 1 aromatic heterocycles. The molecule has 2 rings (SSSR count). The second-order valence-corrected chi connectivity index (χ2v) is 6.33. The Hall–Kier alpha value is -0.160. The van der Waals surface area contributed by atoms with Gasteiger partial charge in [0.25, 0.3) is 0 Å². The van der Waals surface area contributed by atoms with E-state index in [9.17, 15) is 8.78 Å². The summed E-state index contributed by atoms with van der Waals surface area (Å²) in [5.74, 6) is -1.12. The largest absolute Gasteiger partial charge is 0.207 e. The Kier molecular flexibility index (Phi) is 4.32. The predicted molar refractivity (Wildman–Crippen MR) is 75.8 cm³/mol. The molecule has 1 unspecified atom stereocenters. The molecule has 0 fully saturated rings. The zero-order valence-electron chi connectivity index (χ0n) is 9.11. The van der Waals surface area contributed by atoms with Crippen molar-refractivity contribution in [3.05, 3.63) is 54.6 Å². The van der Waals surface area contributed by atoms with E-state index in [0.29, 0.717) is 9.90 Å². The summed E-state index contributed by atoms with van der Waals surface area (Å²) in [5, 5.41) is 1.54. The van der Waals surface area contributed by atoms with Crippen LogP contribution in [0.4, 0.5) is 8.78 Å². The maximum absolute atomic E-state index is 13.8. The van der Waals surface area contributed by atoms with Crippen LogP contribution in [0, 0.1) is 18.6 Å². The smallest absolute Gasteiger partial charge is 0.137 e. The molecule has 1 atom stereocenters. The van der Waals surface area contributed by atoms with Gasteiger partial charge in [0.15, 0.2) is 0 Å². The Morgan fingerprint density at radius 3 is 2.50 bits per heavy atom. The summed E-state index contributed by atoms with van der Waals surface area (Å²) in [5.41, 5.74) is 0.960. The molecule has 0 nitrogen and oxygen atoms in total. The van der Waals surface area contributed by atoms with Gasteiger partial charge in [-0.3, -0.25) is 0 Å². The highest BCUT2D eigenvalue weighted by Crippen LogP contribution is 2.41. The average Bonchev–Trinajstić information content (AvgIpc) is 2.64. The molecule has 0 aliphatic rings. The lowest BCUT2D eigenvalue weighted by atomic mass is 10.1. The molecule has 0 saturated carbocycles.